The Morgan fingerprint density at radius 3 is 2.00 bits per heavy atom. The highest BCUT2D eigenvalue weighted by molar-refractivity contribution is 6.31. The average molecular weight is 348 g/mol. The van der Waals surface area contributed by atoms with Gasteiger partial charge in [0.15, 0.2) is 0 Å². The second-order valence-electron chi connectivity index (χ2n) is 5.50. The number of benzene rings is 2. The third-order valence-electron chi connectivity index (χ3n) is 3.65. The van der Waals surface area contributed by atoms with Crippen molar-refractivity contribution in [1.82, 2.24) is 0 Å². The number of hydrogen-bond donors (Lipinski definition) is 0. The highest BCUT2D eigenvalue weighted by Crippen LogP contribution is 2.34. The molecule has 1 unspecified atom stereocenters. The Morgan fingerprint density at radius 2 is 1.52 bits per heavy atom. The average Bonchev–Trinajstić information content (AvgIpc) is 2.54. The van der Waals surface area contributed by atoms with Crippen molar-refractivity contribution in [3.05, 3.63) is 68.7 Å². The summed E-state index contributed by atoms with van der Waals surface area (Å²) < 4.78 is 0. The van der Waals surface area contributed by atoms with Crippen LogP contribution in [0, 0.1) is 18.3 Å². The Kier molecular flexibility index (Phi) is 7.62. The standard InChI is InChI=1S/C18H17Cl2N.C2H6/c1-11(2)15-9-18(20)16(8-12(15)3)17(10-21)13-4-6-14(19)7-5-13;1-2/h4-9,11,17H,1-3H3;1-2H3. The fraction of sp³-hybridized carbons (Fsp3) is 0.350. The van der Waals surface area contributed by atoms with Gasteiger partial charge < -0.3 is 0 Å². The first-order valence-corrected chi connectivity index (χ1v) is 8.64. The second kappa shape index (κ2) is 8.96. The molecule has 0 bridgehead atoms. The van der Waals surface area contributed by atoms with Gasteiger partial charge in [-0.1, -0.05) is 69.1 Å². The van der Waals surface area contributed by atoms with Crippen molar-refractivity contribution in [3.8, 4) is 6.07 Å². The second-order valence-corrected chi connectivity index (χ2v) is 6.34. The number of nitrogens with zero attached hydrogens (tertiary/aromatic N) is 1. The summed E-state index contributed by atoms with van der Waals surface area (Å²) in [6.45, 7) is 10.3. The van der Waals surface area contributed by atoms with Crippen molar-refractivity contribution in [2.75, 3.05) is 0 Å². The molecule has 2 rings (SSSR count). The van der Waals surface area contributed by atoms with Crippen LogP contribution in [0.25, 0.3) is 0 Å². The summed E-state index contributed by atoms with van der Waals surface area (Å²) in [5.74, 6) is 0.0299. The predicted octanol–water partition coefficient (Wildman–Crippen LogP) is 7.11. The molecule has 0 saturated heterocycles. The first-order valence-electron chi connectivity index (χ1n) is 7.89. The lowest BCUT2D eigenvalue weighted by Crippen LogP contribution is -2.02. The van der Waals surface area contributed by atoms with Crippen molar-refractivity contribution in [1.29, 1.82) is 5.26 Å². The van der Waals surface area contributed by atoms with E-state index in [4.69, 9.17) is 23.2 Å². The molecule has 2 aromatic rings. The summed E-state index contributed by atoms with van der Waals surface area (Å²) in [6, 6.07) is 13.7. The molecule has 1 nitrogen and oxygen atoms in total. The Morgan fingerprint density at radius 1 is 0.957 bits per heavy atom. The molecule has 2 aromatic carbocycles. The topological polar surface area (TPSA) is 23.8 Å². The molecule has 1 atom stereocenters. The molecule has 0 aliphatic heterocycles. The number of nitriles is 1. The van der Waals surface area contributed by atoms with Crippen LogP contribution in [0.15, 0.2) is 36.4 Å². The first kappa shape index (κ1) is 19.6. The van der Waals surface area contributed by atoms with E-state index in [9.17, 15) is 5.26 Å². The van der Waals surface area contributed by atoms with Crippen molar-refractivity contribution in [3.63, 3.8) is 0 Å². The number of halogens is 2. The summed E-state index contributed by atoms with van der Waals surface area (Å²) in [7, 11) is 0. The minimum absolute atomic E-state index is 0.380. The van der Waals surface area contributed by atoms with E-state index in [-0.39, 0.29) is 5.92 Å². The maximum atomic E-state index is 9.55. The fourth-order valence-electron chi connectivity index (χ4n) is 2.54. The van der Waals surface area contributed by atoms with E-state index in [0.29, 0.717) is 16.0 Å². The van der Waals surface area contributed by atoms with Crippen molar-refractivity contribution < 1.29 is 0 Å². The van der Waals surface area contributed by atoms with Crippen LogP contribution >= 0.6 is 23.2 Å². The molecular weight excluding hydrogens is 325 g/mol. The van der Waals surface area contributed by atoms with Crippen LogP contribution in [-0.2, 0) is 0 Å². The smallest absolute Gasteiger partial charge is 0.0977 e. The van der Waals surface area contributed by atoms with Crippen LogP contribution in [0.4, 0.5) is 0 Å². The quantitative estimate of drug-likeness (QED) is 0.580. The normalized spacial score (nSPS) is 11.4. The first-order chi connectivity index (χ1) is 10.9. The van der Waals surface area contributed by atoms with Crippen LogP contribution in [0.2, 0.25) is 10.0 Å². The monoisotopic (exact) mass is 347 g/mol. The maximum Gasteiger partial charge on any atom is 0.0977 e. The van der Waals surface area contributed by atoms with E-state index in [0.717, 1.165) is 11.1 Å². The Balaban J connectivity index is 0.00000127. The Hall–Kier alpha value is -1.49. The lowest BCUT2D eigenvalue weighted by molar-refractivity contribution is 0.853. The van der Waals surface area contributed by atoms with E-state index in [1.165, 1.54) is 11.1 Å². The zero-order valence-corrected chi connectivity index (χ0v) is 15.8. The van der Waals surface area contributed by atoms with Crippen molar-refractivity contribution in [2.45, 2.75) is 46.5 Å². The Bertz CT molecular complexity index is 682. The molecule has 0 saturated carbocycles. The van der Waals surface area contributed by atoms with Gasteiger partial charge in [0.05, 0.1) is 12.0 Å². The summed E-state index contributed by atoms with van der Waals surface area (Å²) >= 11 is 12.3. The van der Waals surface area contributed by atoms with Crippen molar-refractivity contribution in [2.24, 2.45) is 0 Å². The number of aryl methyl sites for hydroxylation is 1. The van der Waals surface area contributed by atoms with Crippen LogP contribution in [0.3, 0.4) is 0 Å². The number of hydrogen-bond acceptors (Lipinski definition) is 1. The third-order valence-corrected chi connectivity index (χ3v) is 4.23. The third kappa shape index (κ3) is 4.74. The maximum absolute atomic E-state index is 9.55. The highest BCUT2D eigenvalue weighted by atomic mass is 35.5. The lowest BCUT2D eigenvalue weighted by Gasteiger charge is -2.17. The van der Waals surface area contributed by atoms with Gasteiger partial charge in [0.25, 0.3) is 0 Å². The molecular formula is C20H23Cl2N. The highest BCUT2D eigenvalue weighted by Gasteiger charge is 2.18. The molecule has 0 N–H and O–H groups in total. The van der Waals surface area contributed by atoms with Gasteiger partial charge in [-0.25, -0.2) is 0 Å². The van der Waals surface area contributed by atoms with Crippen LogP contribution < -0.4 is 0 Å². The van der Waals surface area contributed by atoms with Crippen LogP contribution in [0.1, 0.15) is 61.8 Å². The van der Waals surface area contributed by atoms with Gasteiger partial charge in [-0.05, 0) is 53.3 Å². The molecule has 0 aliphatic rings. The Labute approximate surface area is 149 Å². The van der Waals surface area contributed by atoms with Crippen LogP contribution in [-0.4, -0.2) is 0 Å². The SMILES string of the molecule is CC.Cc1cc(C(C#N)c2ccc(Cl)cc2)c(Cl)cc1C(C)C. The molecule has 0 heterocycles. The van der Waals surface area contributed by atoms with E-state index in [2.05, 4.69) is 26.8 Å². The largest absolute Gasteiger partial charge is 0.197 e. The van der Waals surface area contributed by atoms with Gasteiger partial charge >= 0.3 is 0 Å². The molecule has 0 aromatic heterocycles. The zero-order chi connectivity index (χ0) is 17.6. The van der Waals surface area contributed by atoms with E-state index in [1.54, 1.807) is 12.1 Å². The summed E-state index contributed by atoms with van der Waals surface area (Å²) in [5, 5.41) is 10.9. The summed E-state index contributed by atoms with van der Waals surface area (Å²) in [6.07, 6.45) is 0. The van der Waals surface area contributed by atoms with Gasteiger partial charge in [0.2, 0.25) is 0 Å². The van der Waals surface area contributed by atoms with Gasteiger partial charge in [0, 0.05) is 10.0 Å². The lowest BCUT2D eigenvalue weighted by atomic mass is 9.88. The van der Waals surface area contributed by atoms with E-state index < -0.39 is 0 Å². The van der Waals surface area contributed by atoms with Gasteiger partial charge in [-0.2, -0.15) is 5.26 Å². The minimum Gasteiger partial charge on any atom is -0.197 e. The molecule has 23 heavy (non-hydrogen) atoms. The fourth-order valence-corrected chi connectivity index (χ4v) is 2.95. The van der Waals surface area contributed by atoms with Gasteiger partial charge in [0.1, 0.15) is 0 Å². The van der Waals surface area contributed by atoms with Crippen LogP contribution in [0.5, 0.6) is 0 Å². The van der Waals surface area contributed by atoms with E-state index in [1.807, 2.05) is 38.1 Å². The van der Waals surface area contributed by atoms with Gasteiger partial charge in [-0.3, -0.25) is 0 Å². The summed E-state index contributed by atoms with van der Waals surface area (Å²) in [4.78, 5) is 0. The van der Waals surface area contributed by atoms with E-state index >= 15 is 0 Å². The zero-order valence-electron chi connectivity index (χ0n) is 14.3. The molecule has 0 amide bonds. The molecule has 122 valence electrons. The number of rotatable bonds is 3. The van der Waals surface area contributed by atoms with Crippen molar-refractivity contribution >= 4 is 23.2 Å². The summed E-state index contributed by atoms with van der Waals surface area (Å²) in [5.41, 5.74) is 4.14. The molecule has 0 spiro atoms. The molecule has 0 fully saturated rings. The molecule has 0 aliphatic carbocycles. The molecule has 3 heteroatoms. The van der Waals surface area contributed by atoms with Gasteiger partial charge in [-0.15, -0.1) is 0 Å². The minimum atomic E-state index is -0.380. The molecule has 0 radical (unpaired) electrons. The predicted molar refractivity (Wildman–Crippen MR) is 101 cm³/mol.